The summed E-state index contributed by atoms with van der Waals surface area (Å²) in [7, 11) is 1.53. The number of benzene rings is 2. The molecule has 0 aliphatic rings. The number of thiocarbonyl (C=S) groups is 1. The van der Waals surface area contributed by atoms with Crippen LogP contribution in [0.1, 0.15) is 28.4 Å². The number of halogens is 1. The second-order valence-electron chi connectivity index (χ2n) is 5.22. The third-order valence-corrected chi connectivity index (χ3v) is 4.31. The molecule has 24 heavy (non-hydrogen) atoms. The Morgan fingerprint density at radius 3 is 2.71 bits per heavy atom. The van der Waals surface area contributed by atoms with E-state index in [1.165, 1.54) is 7.11 Å². The Morgan fingerprint density at radius 1 is 1.29 bits per heavy atom. The number of carbonyl (C=O) groups excluding carboxylic acids is 1. The van der Waals surface area contributed by atoms with Crippen molar-refractivity contribution in [1.29, 1.82) is 0 Å². The Bertz CT molecular complexity index is 778. The van der Waals surface area contributed by atoms with Crippen molar-refractivity contribution < 1.29 is 9.53 Å². The van der Waals surface area contributed by atoms with Crippen molar-refractivity contribution in [2.45, 2.75) is 20.3 Å². The molecule has 0 saturated heterocycles. The van der Waals surface area contributed by atoms with Crippen LogP contribution in [-0.4, -0.2) is 18.1 Å². The molecular formula is C18H19BrN2O2S. The van der Waals surface area contributed by atoms with Gasteiger partial charge in [0.2, 0.25) is 0 Å². The van der Waals surface area contributed by atoms with Gasteiger partial charge in [0.05, 0.1) is 12.7 Å². The van der Waals surface area contributed by atoms with Crippen molar-refractivity contribution in [3.8, 4) is 5.75 Å². The normalized spacial score (nSPS) is 10.2. The molecule has 0 radical (unpaired) electrons. The fraction of sp³-hybridized carbons (Fsp3) is 0.222. The molecule has 0 atom stereocenters. The summed E-state index contributed by atoms with van der Waals surface area (Å²) in [5.74, 6) is 0.168. The summed E-state index contributed by atoms with van der Waals surface area (Å²) < 4.78 is 6.02. The van der Waals surface area contributed by atoms with Gasteiger partial charge in [0, 0.05) is 10.2 Å². The molecule has 0 aromatic heterocycles. The maximum atomic E-state index is 12.5. The number of ether oxygens (including phenoxy) is 1. The van der Waals surface area contributed by atoms with Crippen LogP contribution < -0.4 is 15.4 Å². The van der Waals surface area contributed by atoms with Crippen LogP contribution in [0.4, 0.5) is 5.69 Å². The SMILES string of the molecule is CCc1cccc(C)c1NC(=S)NC(=O)c1cc(Br)ccc1OC. The predicted molar refractivity (Wildman–Crippen MR) is 105 cm³/mol. The van der Waals surface area contributed by atoms with E-state index in [0.29, 0.717) is 11.3 Å². The summed E-state index contributed by atoms with van der Waals surface area (Å²) in [6, 6.07) is 11.3. The van der Waals surface area contributed by atoms with E-state index in [9.17, 15) is 4.79 Å². The van der Waals surface area contributed by atoms with Gasteiger partial charge < -0.3 is 10.1 Å². The molecule has 2 N–H and O–H groups in total. The Morgan fingerprint density at radius 2 is 2.04 bits per heavy atom. The fourth-order valence-corrected chi connectivity index (χ4v) is 2.93. The highest BCUT2D eigenvalue weighted by molar-refractivity contribution is 9.10. The van der Waals surface area contributed by atoms with Gasteiger partial charge in [-0.25, -0.2) is 0 Å². The highest BCUT2D eigenvalue weighted by Crippen LogP contribution is 2.23. The molecule has 1 amide bonds. The van der Waals surface area contributed by atoms with Gasteiger partial charge in [-0.2, -0.15) is 0 Å². The molecule has 0 aliphatic heterocycles. The van der Waals surface area contributed by atoms with Gasteiger partial charge in [0.25, 0.3) is 5.91 Å². The molecule has 2 aromatic carbocycles. The van der Waals surface area contributed by atoms with Gasteiger partial charge in [-0.1, -0.05) is 41.1 Å². The lowest BCUT2D eigenvalue weighted by atomic mass is 10.1. The molecule has 0 saturated carbocycles. The maximum Gasteiger partial charge on any atom is 0.261 e. The Kier molecular flexibility index (Phi) is 6.34. The van der Waals surface area contributed by atoms with Gasteiger partial charge in [0.15, 0.2) is 5.11 Å². The minimum atomic E-state index is -0.322. The summed E-state index contributed by atoms with van der Waals surface area (Å²) in [4.78, 5) is 12.5. The van der Waals surface area contributed by atoms with E-state index in [-0.39, 0.29) is 11.0 Å². The second-order valence-corrected chi connectivity index (χ2v) is 6.54. The zero-order valence-corrected chi connectivity index (χ0v) is 16.2. The van der Waals surface area contributed by atoms with E-state index in [1.54, 1.807) is 12.1 Å². The van der Waals surface area contributed by atoms with Crippen molar-refractivity contribution in [1.82, 2.24) is 5.32 Å². The molecule has 0 bridgehead atoms. The predicted octanol–water partition coefficient (Wildman–Crippen LogP) is 4.46. The van der Waals surface area contributed by atoms with E-state index in [0.717, 1.165) is 27.7 Å². The number of anilines is 1. The van der Waals surface area contributed by atoms with Crippen molar-refractivity contribution >= 4 is 44.9 Å². The number of amides is 1. The first-order valence-corrected chi connectivity index (χ1v) is 8.70. The summed E-state index contributed by atoms with van der Waals surface area (Å²) in [5.41, 5.74) is 3.57. The quantitative estimate of drug-likeness (QED) is 0.736. The second kappa shape index (κ2) is 8.26. The fourth-order valence-electron chi connectivity index (χ4n) is 2.37. The van der Waals surface area contributed by atoms with Crippen LogP contribution in [-0.2, 0) is 6.42 Å². The van der Waals surface area contributed by atoms with Crippen molar-refractivity contribution in [3.63, 3.8) is 0 Å². The topological polar surface area (TPSA) is 50.4 Å². The number of carbonyl (C=O) groups is 1. The van der Waals surface area contributed by atoms with Gasteiger partial charge in [-0.15, -0.1) is 0 Å². The van der Waals surface area contributed by atoms with Crippen molar-refractivity contribution in [2.75, 3.05) is 12.4 Å². The third-order valence-electron chi connectivity index (χ3n) is 3.61. The van der Waals surface area contributed by atoms with Crippen LogP contribution in [0.25, 0.3) is 0 Å². The van der Waals surface area contributed by atoms with Crippen molar-refractivity contribution in [2.24, 2.45) is 0 Å². The molecule has 6 heteroatoms. The van der Waals surface area contributed by atoms with Crippen molar-refractivity contribution in [3.05, 3.63) is 57.6 Å². The lowest BCUT2D eigenvalue weighted by Crippen LogP contribution is -2.34. The highest BCUT2D eigenvalue weighted by atomic mass is 79.9. The molecular weight excluding hydrogens is 388 g/mol. The Hall–Kier alpha value is -1.92. The number of methoxy groups -OCH3 is 1. The number of hydrogen-bond acceptors (Lipinski definition) is 3. The number of aryl methyl sites for hydroxylation is 2. The summed E-state index contributed by atoms with van der Waals surface area (Å²) in [5, 5.41) is 6.09. The standard InChI is InChI=1S/C18H19BrN2O2S/c1-4-12-7-5-6-11(2)16(12)20-18(24)21-17(22)14-10-13(19)8-9-15(14)23-3/h5-10H,4H2,1-3H3,(H2,20,21,22,24). The molecule has 0 heterocycles. The van der Waals surface area contributed by atoms with E-state index in [2.05, 4.69) is 33.5 Å². The van der Waals surface area contributed by atoms with E-state index >= 15 is 0 Å². The molecule has 0 unspecified atom stereocenters. The van der Waals surface area contributed by atoms with Gasteiger partial charge >= 0.3 is 0 Å². The highest BCUT2D eigenvalue weighted by Gasteiger charge is 2.15. The van der Waals surface area contributed by atoms with Crippen LogP contribution in [0, 0.1) is 6.92 Å². The van der Waals surface area contributed by atoms with Gasteiger partial charge in [0.1, 0.15) is 5.75 Å². The first-order chi connectivity index (χ1) is 11.5. The first-order valence-electron chi connectivity index (χ1n) is 7.50. The van der Waals surface area contributed by atoms with E-state index in [1.807, 2.05) is 31.2 Å². The van der Waals surface area contributed by atoms with Crippen LogP contribution in [0.5, 0.6) is 5.75 Å². The van der Waals surface area contributed by atoms with Gasteiger partial charge in [-0.05, 0) is 54.9 Å². The largest absolute Gasteiger partial charge is 0.496 e. The lowest BCUT2D eigenvalue weighted by molar-refractivity contribution is 0.0974. The average molecular weight is 407 g/mol. The molecule has 126 valence electrons. The minimum absolute atomic E-state index is 0.256. The zero-order valence-electron chi connectivity index (χ0n) is 13.8. The smallest absolute Gasteiger partial charge is 0.261 e. The first kappa shape index (κ1) is 18.4. The average Bonchev–Trinajstić information content (AvgIpc) is 2.56. The Labute approximate surface area is 155 Å². The number of hydrogen-bond donors (Lipinski definition) is 2. The summed E-state index contributed by atoms with van der Waals surface area (Å²) in [6.45, 7) is 4.08. The van der Waals surface area contributed by atoms with Crippen LogP contribution in [0.2, 0.25) is 0 Å². The minimum Gasteiger partial charge on any atom is -0.496 e. The van der Waals surface area contributed by atoms with Crippen LogP contribution in [0.15, 0.2) is 40.9 Å². The van der Waals surface area contributed by atoms with Crippen LogP contribution in [0.3, 0.4) is 0 Å². The number of nitrogens with one attached hydrogen (secondary N) is 2. The van der Waals surface area contributed by atoms with Crippen LogP contribution >= 0.6 is 28.1 Å². The maximum absolute atomic E-state index is 12.5. The number of rotatable bonds is 4. The van der Waals surface area contributed by atoms with E-state index in [4.69, 9.17) is 17.0 Å². The molecule has 0 spiro atoms. The lowest BCUT2D eigenvalue weighted by Gasteiger charge is -2.16. The van der Waals surface area contributed by atoms with E-state index < -0.39 is 0 Å². The molecule has 0 aliphatic carbocycles. The number of para-hydroxylation sites is 1. The summed E-state index contributed by atoms with van der Waals surface area (Å²) >= 11 is 8.65. The zero-order chi connectivity index (χ0) is 17.7. The summed E-state index contributed by atoms with van der Waals surface area (Å²) in [6.07, 6.45) is 0.875. The monoisotopic (exact) mass is 406 g/mol. The Balaban J connectivity index is 2.16. The third kappa shape index (κ3) is 4.33. The molecule has 4 nitrogen and oxygen atoms in total. The van der Waals surface area contributed by atoms with Gasteiger partial charge in [-0.3, -0.25) is 10.1 Å². The molecule has 2 rings (SSSR count). The molecule has 2 aromatic rings. The molecule has 0 fully saturated rings.